The number of carbonyl (C=O) groups is 1. The van der Waals surface area contributed by atoms with Crippen molar-refractivity contribution >= 4 is 11.8 Å². The van der Waals surface area contributed by atoms with E-state index in [-0.39, 0.29) is 0 Å². The fourth-order valence-electron chi connectivity index (χ4n) is 3.18. The molecule has 1 amide bonds. The van der Waals surface area contributed by atoms with Crippen LogP contribution in [0.3, 0.4) is 0 Å². The molecule has 2 heterocycles. The normalized spacial score (nSPS) is 25.1. The third-order valence-corrected chi connectivity index (χ3v) is 4.41. The number of morpholine rings is 1. The van der Waals surface area contributed by atoms with Crippen LogP contribution in [0.2, 0.25) is 0 Å². The Morgan fingerprint density at radius 1 is 1.50 bits per heavy atom. The van der Waals surface area contributed by atoms with Crippen LogP contribution in [-0.2, 0) is 11.3 Å². The molecule has 0 saturated carbocycles. The Kier molecular flexibility index (Phi) is 3.40. The van der Waals surface area contributed by atoms with Gasteiger partial charge in [-0.05, 0) is 49.1 Å². The molecule has 2 unspecified atom stereocenters. The maximum absolute atomic E-state index is 10.8. The third kappa shape index (κ3) is 2.51. The number of nitrogens with one attached hydrogen (secondary N) is 1. The van der Waals surface area contributed by atoms with Crippen LogP contribution >= 0.6 is 0 Å². The van der Waals surface area contributed by atoms with Gasteiger partial charge < -0.3 is 9.84 Å². The Bertz CT molecular complexity index is 544. The highest BCUT2D eigenvalue weighted by atomic mass is 16.5. The monoisotopic (exact) mass is 276 g/mol. The number of fused-ring (bicyclic) bond motifs is 2. The summed E-state index contributed by atoms with van der Waals surface area (Å²) in [5.74, 6) is 0. The number of amides is 1. The SMILES string of the molecule is Cc1cc(NC(=O)O)cc(CN2CC3CC2CO3)c1C. The Labute approximate surface area is 118 Å². The predicted octanol–water partition coefficient (Wildman–Crippen LogP) is 2.37. The number of carboxylic acid groups (broad SMARTS) is 1. The number of aryl methyl sites for hydroxylation is 1. The van der Waals surface area contributed by atoms with E-state index in [4.69, 9.17) is 9.84 Å². The first-order valence-electron chi connectivity index (χ1n) is 6.98. The third-order valence-electron chi connectivity index (χ3n) is 4.41. The minimum Gasteiger partial charge on any atom is -0.465 e. The van der Waals surface area contributed by atoms with Gasteiger partial charge in [-0.3, -0.25) is 10.2 Å². The van der Waals surface area contributed by atoms with Crippen LogP contribution in [0.25, 0.3) is 0 Å². The molecule has 2 saturated heterocycles. The lowest BCUT2D eigenvalue weighted by molar-refractivity contribution is 0.0272. The van der Waals surface area contributed by atoms with Crippen LogP contribution in [0.15, 0.2) is 12.1 Å². The number of benzene rings is 1. The van der Waals surface area contributed by atoms with Crippen molar-refractivity contribution < 1.29 is 14.6 Å². The van der Waals surface area contributed by atoms with Gasteiger partial charge in [-0.25, -0.2) is 4.79 Å². The zero-order valence-electron chi connectivity index (χ0n) is 11.8. The first-order chi connectivity index (χ1) is 9.52. The molecule has 0 spiro atoms. The molecule has 2 N–H and O–H groups in total. The van der Waals surface area contributed by atoms with Gasteiger partial charge in [0, 0.05) is 24.8 Å². The summed E-state index contributed by atoms with van der Waals surface area (Å²) >= 11 is 0. The number of ether oxygens (including phenoxy) is 1. The zero-order valence-corrected chi connectivity index (χ0v) is 11.8. The van der Waals surface area contributed by atoms with E-state index in [1.54, 1.807) is 0 Å². The molecule has 3 rings (SSSR count). The topological polar surface area (TPSA) is 61.8 Å². The van der Waals surface area contributed by atoms with Crippen LogP contribution in [0.1, 0.15) is 23.1 Å². The average Bonchev–Trinajstić information content (AvgIpc) is 2.96. The van der Waals surface area contributed by atoms with E-state index in [2.05, 4.69) is 17.1 Å². The number of nitrogens with zero attached hydrogens (tertiary/aromatic N) is 1. The number of anilines is 1. The highest BCUT2D eigenvalue weighted by Gasteiger charge is 2.38. The molecule has 0 aliphatic carbocycles. The highest BCUT2D eigenvalue weighted by molar-refractivity contribution is 5.83. The fourth-order valence-corrected chi connectivity index (χ4v) is 3.18. The molecule has 20 heavy (non-hydrogen) atoms. The van der Waals surface area contributed by atoms with E-state index >= 15 is 0 Å². The van der Waals surface area contributed by atoms with Crippen molar-refractivity contribution in [3.8, 4) is 0 Å². The van der Waals surface area contributed by atoms with Crippen LogP contribution < -0.4 is 5.32 Å². The fraction of sp³-hybridized carbons (Fsp3) is 0.533. The highest BCUT2D eigenvalue weighted by Crippen LogP contribution is 2.30. The molecule has 1 aromatic rings. The van der Waals surface area contributed by atoms with Crippen molar-refractivity contribution in [2.24, 2.45) is 0 Å². The lowest BCUT2D eigenvalue weighted by atomic mass is 10.0. The largest absolute Gasteiger partial charge is 0.465 e. The molecule has 108 valence electrons. The molecular formula is C15H20N2O3. The summed E-state index contributed by atoms with van der Waals surface area (Å²) in [6.45, 7) is 6.80. The second-order valence-electron chi connectivity index (χ2n) is 5.78. The van der Waals surface area contributed by atoms with Gasteiger partial charge in [0.1, 0.15) is 0 Å². The van der Waals surface area contributed by atoms with Crippen LogP contribution in [0.5, 0.6) is 0 Å². The Morgan fingerprint density at radius 3 is 2.90 bits per heavy atom. The first-order valence-corrected chi connectivity index (χ1v) is 6.98. The molecule has 2 bridgehead atoms. The minimum atomic E-state index is -1.02. The van der Waals surface area contributed by atoms with Gasteiger partial charge in [-0.1, -0.05) is 0 Å². The molecular weight excluding hydrogens is 256 g/mol. The van der Waals surface area contributed by atoms with Crippen LogP contribution in [0.4, 0.5) is 10.5 Å². The van der Waals surface area contributed by atoms with E-state index in [9.17, 15) is 4.79 Å². The second-order valence-corrected chi connectivity index (χ2v) is 5.78. The Morgan fingerprint density at radius 2 is 2.30 bits per heavy atom. The molecule has 5 heteroatoms. The minimum absolute atomic E-state index is 0.390. The van der Waals surface area contributed by atoms with Crippen LogP contribution in [0, 0.1) is 13.8 Å². The first kappa shape index (κ1) is 13.4. The summed E-state index contributed by atoms with van der Waals surface area (Å²) in [6, 6.07) is 4.35. The number of hydrogen-bond donors (Lipinski definition) is 2. The van der Waals surface area contributed by atoms with Gasteiger partial charge in [-0.2, -0.15) is 0 Å². The van der Waals surface area contributed by atoms with E-state index in [1.807, 2.05) is 19.1 Å². The average molecular weight is 276 g/mol. The molecule has 1 aromatic carbocycles. The smallest absolute Gasteiger partial charge is 0.409 e. The van der Waals surface area contributed by atoms with Crippen molar-refractivity contribution in [1.82, 2.24) is 4.90 Å². The molecule has 5 nitrogen and oxygen atoms in total. The standard InChI is InChI=1S/C15H20N2O3/c1-9-3-12(16-15(18)19)4-11(10(9)2)6-17-7-14-5-13(17)8-20-14/h3-4,13-14,16H,5-8H2,1-2H3,(H,18,19). The maximum atomic E-state index is 10.8. The second kappa shape index (κ2) is 5.07. The predicted molar refractivity (Wildman–Crippen MR) is 76.1 cm³/mol. The van der Waals surface area contributed by atoms with Gasteiger partial charge in [-0.15, -0.1) is 0 Å². The van der Waals surface area contributed by atoms with E-state index in [0.717, 1.165) is 31.7 Å². The van der Waals surface area contributed by atoms with Gasteiger partial charge in [0.15, 0.2) is 0 Å². The summed E-state index contributed by atoms with van der Waals surface area (Å²) in [4.78, 5) is 13.2. The molecule has 0 radical (unpaired) electrons. The Hall–Kier alpha value is -1.59. The number of rotatable bonds is 3. The molecule has 2 aliphatic heterocycles. The van der Waals surface area contributed by atoms with E-state index in [1.165, 1.54) is 11.1 Å². The van der Waals surface area contributed by atoms with Gasteiger partial charge in [0.25, 0.3) is 0 Å². The number of hydrogen-bond acceptors (Lipinski definition) is 3. The van der Waals surface area contributed by atoms with Gasteiger partial charge in [0.2, 0.25) is 0 Å². The van der Waals surface area contributed by atoms with Gasteiger partial charge in [0.05, 0.1) is 12.7 Å². The quantitative estimate of drug-likeness (QED) is 0.889. The van der Waals surface area contributed by atoms with Crippen molar-refractivity contribution in [1.29, 1.82) is 0 Å². The van der Waals surface area contributed by atoms with Crippen LogP contribution in [-0.4, -0.2) is 41.4 Å². The zero-order chi connectivity index (χ0) is 14.3. The molecule has 2 aliphatic rings. The van der Waals surface area contributed by atoms with E-state index < -0.39 is 6.09 Å². The van der Waals surface area contributed by atoms with Crippen molar-refractivity contribution in [2.45, 2.75) is 39.0 Å². The van der Waals surface area contributed by atoms with Crippen molar-refractivity contribution in [2.75, 3.05) is 18.5 Å². The summed E-state index contributed by atoms with van der Waals surface area (Å²) < 4.78 is 5.62. The van der Waals surface area contributed by atoms with Crippen molar-refractivity contribution in [3.05, 3.63) is 28.8 Å². The molecule has 0 aromatic heterocycles. The van der Waals surface area contributed by atoms with Gasteiger partial charge >= 0.3 is 6.09 Å². The molecule has 2 fully saturated rings. The molecule has 2 atom stereocenters. The Balaban J connectivity index is 1.81. The lowest BCUT2D eigenvalue weighted by Crippen LogP contribution is -2.36. The lowest BCUT2D eigenvalue weighted by Gasteiger charge is -2.27. The number of likely N-dealkylation sites (tertiary alicyclic amines) is 1. The summed E-state index contributed by atoms with van der Waals surface area (Å²) in [7, 11) is 0. The maximum Gasteiger partial charge on any atom is 0.409 e. The van der Waals surface area contributed by atoms with Crippen molar-refractivity contribution in [3.63, 3.8) is 0 Å². The summed E-state index contributed by atoms with van der Waals surface area (Å²) in [5.41, 5.74) is 4.20. The summed E-state index contributed by atoms with van der Waals surface area (Å²) in [5, 5.41) is 11.3. The summed E-state index contributed by atoms with van der Waals surface area (Å²) in [6.07, 6.45) is 0.500. The van der Waals surface area contributed by atoms with E-state index in [0.29, 0.717) is 17.8 Å².